The average molecular weight is 236 g/mol. The van der Waals surface area contributed by atoms with E-state index >= 15 is 0 Å². The van der Waals surface area contributed by atoms with Crippen LogP contribution in [0.2, 0.25) is 5.15 Å². The molecule has 1 aliphatic carbocycles. The van der Waals surface area contributed by atoms with Crippen molar-refractivity contribution in [2.75, 3.05) is 0 Å². The molecule has 0 radical (unpaired) electrons. The molecule has 1 aliphatic rings. The molecule has 2 aromatic heterocycles. The first-order valence-corrected chi connectivity index (χ1v) is 6.08. The van der Waals surface area contributed by atoms with Crippen LogP contribution in [-0.4, -0.2) is 14.5 Å². The van der Waals surface area contributed by atoms with Crippen LogP contribution < -0.4 is 0 Å². The SMILES string of the molecule is CC(C)n1c(C2CC2)nc2cnc(Cl)cc21. The highest BCUT2D eigenvalue weighted by Gasteiger charge is 2.30. The molecule has 3 nitrogen and oxygen atoms in total. The summed E-state index contributed by atoms with van der Waals surface area (Å²) < 4.78 is 2.29. The van der Waals surface area contributed by atoms with E-state index in [1.165, 1.54) is 18.7 Å². The van der Waals surface area contributed by atoms with Crippen LogP contribution >= 0.6 is 11.6 Å². The number of imidazole rings is 1. The van der Waals surface area contributed by atoms with Gasteiger partial charge in [0.2, 0.25) is 0 Å². The Morgan fingerprint density at radius 1 is 1.44 bits per heavy atom. The molecule has 0 bridgehead atoms. The summed E-state index contributed by atoms with van der Waals surface area (Å²) in [6.07, 6.45) is 4.29. The zero-order valence-electron chi connectivity index (χ0n) is 9.44. The third kappa shape index (κ3) is 1.50. The molecule has 3 rings (SSSR count). The summed E-state index contributed by atoms with van der Waals surface area (Å²) in [6, 6.07) is 2.33. The minimum Gasteiger partial charge on any atom is -0.325 e. The van der Waals surface area contributed by atoms with E-state index in [9.17, 15) is 0 Å². The molecule has 16 heavy (non-hydrogen) atoms. The van der Waals surface area contributed by atoms with Crippen molar-refractivity contribution < 1.29 is 0 Å². The zero-order valence-corrected chi connectivity index (χ0v) is 10.2. The van der Waals surface area contributed by atoms with Crippen LogP contribution in [-0.2, 0) is 0 Å². The van der Waals surface area contributed by atoms with Gasteiger partial charge in [0.05, 0.1) is 11.7 Å². The first-order valence-electron chi connectivity index (χ1n) is 5.70. The fourth-order valence-corrected chi connectivity index (χ4v) is 2.32. The Labute approximate surface area is 99.5 Å². The molecule has 0 aliphatic heterocycles. The van der Waals surface area contributed by atoms with Crippen molar-refractivity contribution in [3.05, 3.63) is 23.2 Å². The highest BCUT2D eigenvalue weighted by molar-refractivity contribution is 6.29. The number of hydrogen-bond donors (Lipinski definition) is 0. The largest absolute Gasteiger partial charge is 0.325 e. The lowest BCUT2D eigenvalue weighted by Crippen LogP contribution is -2.05. The molecular weight excluding hydrogens is 222 g/mol. The van der Waals surface area contributed by atoms with E-state index in [4.69, 9.17) is 11.6 Å². The minimum atomic E-state index is 0.416. The van der Waals surface area contributed by atoms with Crippen molar-refractivity contribution in [2.45, 2.75) is 38.6 Å². The fraction of sp³-hybridized carbons (Fsp3) is 0.500. The van der Waals surface area contributed by atoms with Crippen molar-refractivity contribution in [1.29, 1.82) is 0 Å². The maximum absolute atomic E-state index is 5.95. The quantitative estimate of drug-likeness (QED) is 0.746. The second kappa shape index (κ2) is 3.45. The second-order valence-electron chi connectivity index (χ2n) is 4.70. The highest BCUT2D eigenvalue weighted by atomic mass is 35.5. The monoisotopic (exact) mass is 235 g/mol. The van der Waals surface area contributed by atoms with E-state index in [0.29, 0.717) is 17.1 Å². The first-order chi connectivity index (χ1) is 7.66. The molecule has 0 amide bonds. The fourth-order valence-electron chi connectivity index (χ4n) is 2.16. The Morgan fingerprint density at radius 2 is 2.19 bits per heavy atom. The molecule has 0 unspecified atom stereocenters. The zero-order chi connectivity index (χ0) is 11.3. The van der Waals surface area contributed by atoms with E-state index in [1.807, 2.05) is 6.07 Å². The van der Waals surface area contributed by atoms with Crippen LogP contribution in [0.1, 0.15) is 44.5 Å². The molecule has 0 N–H and O–H groups in total. The van der Waals surface area contributed by atoms with Gasteiger partial charge in [-0.3, -0.25) is 0 Å². The van der Waals surface area contributed by atoms with E-state index in [0.717, 1.165) is 11.0 Å². The Balaban J connectivity index is 2.29. The van der Waals surface area contributed by atoms with Crippen LogP contribution in [0.4, 0.5) is 0 Å². The van der Waals surface area contributed by atoms with Gasteiger partial charge in [-0.25, -0.2) is 9.97 Å². The lowest BCUT2D eigenvalue weighted by Gasteiger charge is -2.12. The summed E-state index contributed by atoms with van der Waals surface area (Å²) in [5, 5.41) is 0.539. The lowest BCUT2D eigenvalue weighted by molar-refractivity contribution is 0.585. The maximum Gasteiger partial charge on any atom is 0.131 e. The van der Waals surface area contributed by atoms with Crippen LogP contribution in [0.5, 0.6) is 0 Å². The van der Waals surface area contributed by atoms with Gasteiger partial charge in [-0.1, -0.05) is 11.6 Å². The van der Waals surface area contributed by atoms with E-state index in [1.54, 1.807) is 6.20 Å². The summed E-state index contributed by atoms with van der Waals surface area (Å²) in [5.74, 6) is 1.85. The van der Waals surface area contributed by atoms with Gasteiger partial charge in [0.15, 0.2) is 0 Å². The summed E-state index contributed by atoms with van der Waals surface area (Å²) in [7, 11) is 0. The van der Waals surface area contributed by atoms with Crippen LogP contribution in [0, 0.1) is 0 Å². The van der Waals surface area contributed by atoms with E-state index in [-0.39, 0.29) is 0 Å². The summed E-state index contributed by atoms with van der Waals surface area (Å²) in [6.45, 7) is 4.36. The Morgan fingerprint density at radius 3 is 2.81 bits per heavy atom. The normalized spacial score (nSPS) is 16.2. The minimum absolute atomic E-state index is 0.416. The van der Waals surface area contributed by atoms with Crippen LogP contribution in [0.25, 0.3) is 11.0 Å². The summed E-state index contributed by atoms with van der Waals surface area (Å²) in [5.41, 5.74) is 2.07. The van der Waals surface area contributed by atoms with Gasteiger partial charge in [-0.15, -0.1) is 0 Å². The Bertz CT molecular complexity index is 540. The number of hydrogen-bond acceptors (Lipinski definition) is 2. The predicted molar refractivity (Wildman–Crippen MR) is 64.9 cm³/mol. The molecule has 2 heterocycles. The topological polar surface area (TPSA) is 30.7 Å². The summed E-state index contributed by atoms with van der Waals surface area (Å²) in [4.78, 5) is 8.77. The van der Waals surface area contributed by atoms with Gasteiger partial charge in [0.25, 0.3) is 0 Å². The van der Waals surface area contributed by atoms with Gasteiger partial charge < -0.3 is 4.57 Å². The maximum atomic E-state index is 5.95. The van der Waals surface area contributed by atoms with Crippen LogP contribution in [0.3, 0.4) is 0 Å². The van der Waals surface area contributed by atoms with Gasteiger partial charge in [-0.2, -0.15) is 0 Å². The molecule has 1 saturated carbocycles. The Kier molecular flexibility index (Phi) is 2.18. The van der Waals surface area contributed by atoms with E-state index in [2.05, 4.69) is 28.4 Å². The second-order valence-corrected chi connectivity index (χ2v) is 5.09. The predicted octanol–water partition coefficient (Wildman–Crippen LogP) is 3.54. The van der Waals surface area contributed by atoms with Crippen molar-refractivity contribution in [3.8, 4) is 0 Å². The van der Waals surface area contributed by atoms with Crippen molar-refractivity contribution in [3.63, 3.8) is 0 Å². The molecule has 84 valence electrons. The molecule has 0 saturated heterocycles. The van der Waals surface area contributed by atoms with Crippen LogP contribution in [0.15, 0.2) is 12.3 Å². The molecule has 4 heteroatoms. The van der Waals surface area contributed by atoms with Gasteiger partial charge >= 0.3 is 0 Å². The molecule has 0 atom stereocenters. The number of pyridine rings is 1. The molecule has 0 spiro atoms. The number of aromatic nitrogens is 3. The Hall–Kier alpha value is -1.09. The van der Waals surface area contributed by atoms with E-state index < -0.39 is 0 Å². The van der Waals surface area contributed by atoms with Gasteiger partial charge in [0.1, 0.15) is 16.5 Å². The van der Waals surface area contributed by atoms with Crippen molar-refractivity contribution in [2.24, 2.45) is 0 Å². The number of fused-ring (bicyclic) bond motifs is 1. The molecule has 2 aromatic rings. The van der Waals surface area contributed by atoms with Crippen molar-refractivity contribution >= 4 is 22.6 Å². The number of halogens is 1. The first kappa shape index (κ1) is 10.1. The number of rotatable bonds is 2. The smallest absolute Gasteiger partial charge is 0.131 e. The molecular formula is C12H14ClN3. The number of nitrogens with zero attached hydrogens (tertiary/aromatic N) is 3. The lowest BCUT2D eigenvalue weighted by atomic mass is 10.3. The van der Waals surface area contributed by atoms with Gasteiger partial charge in [-0.05, 0) is 26.7 Å². The van der Waals surface area contributed by atoms with Gasteiger partial charge in [0, 0.05) is 18.0 Å². The average Bonchev–Trinajstić information content (AvgIpc) is 2.99. The standard InChI is InChI=1S/C12H14ClN3/c1-7(2)16-10-5-11(13)14-6-9(10)15-12(16)8-3-4-8/h5-8H,3-4H2,1-2H3. The summed E-state index contributed by atoms with van der Waals surface area (Å²) >= 11 is 5.95. The third-order valence-corrected chi connectivity index (χ3v) is 3.24. The molecule has 1 fully saturated rings. The van der Waals surface area contributed by atoms with Crippen molar-refractivity contribution in [1.82, 2.24) is 14.5 Å². The third-order valence-electron chi connectivity index (χ3n) is 3.03. The highest BCUT2D eigenvalue weighted by Crippen LogP contribution is 2.41. The molecule has 0 aromatic carbocycles.